The smallest absolute Gasteiger partial charge is 0.227 e. The quantitative estimate of drug-likeness (QED) is 0.880. The molecule has 0 aliphatic carbocycles. The van der Waals surface area contributed by atoms with E-state index in [1.165, 1.54) is 0 Å². The van der Waals surface area contributed by atoms with Gasteiger partial charge in [-0.3, -0.25) is 4.79 Å². The standard InChI is InChI=1S/C16H21N3O2/c1-12-10-14(21-11-17-15(20)16(2,3)4)19(18-12)13-8-6-5-7-9-13/h5-10H,11H2,1-4H3,(H,17,20). The first-order valence-corrected chi connectivity index (χ1v) is 6.91. The molecule has 0 radical (unpaired) electrons. The highest BCUT2D eigenvalue weighted by Gasteiger charge is 2.20. The van der Waals surface area contributed by atoms with Gasteiger partial charge in [-0.2, -0.15) is 5.10 Å². The Morgan fingerprint density at radius 2 is 1.95 bits per heavy atom. The second kappa shape index (κ2) is 5.99. The Kier molecular flexibility index (Phi) is 4.31. The molecule has 0 unspecified atom stereocenters. The van der Waals surface area contributed by atoms with Crippen LogP contribution in [0.2, 0.25) is 0 Å². The molecule has 0 atom stereocenters. The van der Waals surface area contributed by atoms with Crippen molar-refractivity contribution in [3.8, 4) is 11.6 Å². The number of hydrogen-bond donors (Lipinski definition) is 1. The molecule has 0 spiro atoms. The molecule has 1 aromatic heterocycles. The maximum Gasteiger partial charge on any atom is 0.227 e. The van der Waals surface area contributed by atoms with Gasteiger partial charge in [-0.05, 0) is 19.1 Å². The van der Waals surface area contributed by atoms with Crippen LogP contribution < -0.4 is 10.1 Å². The fraction of sp³-hybridized carbons (Fsp3) is 0.375. The van der Waals surface area contributed by atoms with Crippen molar-refractivity contribution in [2.75, 3.05) is 6.73 Å². The number of aromatic nitrogens is 2. The van der Waals surface area contributed by atoms with Gasteiger partial charge < -0.3 is 10.1 Å². The maximum absolute atomic E-state index is 11.8. The number of para-hydroxylation sites is 1. The van der Waals surface area contributed by atoms with E-state index in [1.807, 2.05) is 64.1 Å². The van der Waals surface area contributed by atoms with E-state index < -0.39 is 5.41 Å². The molecule has 2 rings (SSSR count). The van der Waals surface area contributed by atoms with Gasteiger partial charge in [0.25, 0.3) is 0 Å². The van der Waals surface area contributed by atoms with Crippen LogP contribution in [0.4, 0.5) is 0 Å². The Labute approximate surface area is 124 Å². The topological polar surface area (TPSA) is 56.1 Å². The van der Waals surface area contributed by atoms with E-state index in [-0.39, 0.29) is 12.6 Å². The second-order valence-electron chi connectivity index (χ2n) is 5.92. The first-order chi connectivity index (χ1) is 9.88. The lowest BCUT2D eigenvalue weighted by Gasteiger charge is -2.18. The number of aryl methyl sites for hydroxylation is 1. The summed E-state index contributed by atoms with van der Waals surface area (Å²) < 4.78 is 7.37. The van der Waals surface area contributed by atoms with Crippen molar-refractivity contribution in [2.24, 2.45) is 5.41 Å². The van der Waals surface area contributed by atoms with Gasteiger partial charge in [-0.1, -0.05) is 39.0 Å². The summed E-state index contributed by atoms with van der Waals surface area (Å²) in [6.07, 6.45) is 0. The van der Waals surface area contributed by atoms with Gasteiger partial charge in [0.05, 0.1) is 11.4 Å². The van der Waals surface area contributed by atoms with Gasteiger partial charge in [0.1, 0.15) is 0 Å². The summed E-state index contributed by atoms with van der Waals surface area (Å²) in [6.45, 7) is 7.61. The van der Waals surface area contributed by atoms with Crippen LogP contribution >= 0.6 is 0 Å². The van der Waals surface area contributed by atoms with Crippen molar-refractivity contribution in [3.63, 3.8) is 0 Å². The number of benzene rings is 1. The van der Waals surface area contributed by atoms with Crippen LogP contribution in [0.25, 0.3) is 5.69 Å². The first-order valence-electron chi connectivity index (χ1n) is 6.91. The molecule has 0 aliphatic rings. The summed E-state index contributed by atoms with van der Waals surface area (Å²) in [5.41, 5.74) is 1.35. The van der Waals surface area contributed by atoms with Crippen LogP contribution in [0.3, 0.4) is 0 Å². The summed E-state index contributed by atoms with van der Waals surface area (Å²) in [4.78, 5) is 11.8. The van der Waals surface area contributed by atoms with Gasteiger partial charge in [0.15, 0.2) is 6.73 Å². The zero-order chi connectivity index (χ0) is 15.5. The summed E-state index contributed by atoms with van der Waals surface area (Å²) in [7, 11) is 0. The van der Waals surface area contributed by atoms with E-state index in [4.69, 9.17) is 4.74 Å². The summed E-state index contributed by atoms with van der Waals surface area (Å²) in [5.74, 6) is 0.554. The number of carbonyl (C=O) groups is 1. The minimum Gasteiger partial charge on any atom is -0.456 e. The third-order valence-electron chi connectivity index (χ3n) is 2.93. The zero-order valence-corrected chi connectivity index (χ0v) is 12.9. The van der Waals surface area contributed by atoms with Crippen molar-refractivity contribution < 1.29 is 9.53 Å². The van der Waals surface area contributed by atoms with E-state index >= 15 is 0 Å². The average Bonchev–Trinajstić information content (AvgIpc) is 2.80. The monoisotopic (exact) mass is 287 g/mol. The van der Waals surface area contributed by atoms with Crippen LogP contribution in [-0.4, -0.2) is 22.4 Å². The molecular weight excluding hydrogens is 266 g/mol. The molecule has 1 amide bonds. The molecule has 1 aromatic carbocycles. The lowest BCUT2D eigenvalue weighted by atomic mass is 9.96. The highest BCUT2D eigenvalue weighted by Crippen LogP contribution is 2.19. The third kappa shape index (κ3) is 3.84. The number of amides is 1. The lowest BCUT2D eigenvalue weighted by Crippen LogP contribution is -2.37. The molecule has 2 aromatic rings. The zero-order valence-electron chi connectivity index (χ0n) is 12.9. The summed E-state index contributed by atoms with van der Waals surface area (Å²) >= 11 is 0. The first kappa shape index (κ1) is 15.1. The van der Waals surface area contributed by atoms with E-state index in [0.29, 0.717) is 5.88 Å². The van der Waals surface area contributed by atoms with E-state index in [0.717, 1.165) is 11.4 Å². The van der Waals surface area contributed by atoms with Crippen LogP contribution in [0.15, 0.2) is 36.4 Å². The molecule has 0 saturated heterocycles. The minimum atomic E-state index is -0.432. The molecule has 112 valence electrons. The highest BCUT2D eigenvalue weighted by atomic mass is 16.5. The van der Waals surface area contributed by atoms with Crippen LogP contribution in [0.1, 0.15) is 26.5 Å². The predicted octanol–water partition coefficient (Wildman–Crippen LogP) is 2.68. The van der Waals surface area contributed by atoms with Crippen molar-refractivity contribution in [1.29, 1.82) is 0 Å². The molecule has 1 N–H and O–H groups in total. The SMILES string of the molecule is Cc1cc(OCNC(=O)C(C)(C)C)n(-c2ccccc2)n1. The Hall–Kier alpha value is -2.30. The van der Waals surface area contributed by atoms with Gasteiger partial charge >= 0.3 is 0 Å². The van der Waals surface area contributed by atoms with Crippen LogP contribution in [-0.2, 0) is 4.79 Å². The van der Waals surface area contributed by atoms with Gasteiger partial charge in [-0.25, -0.2) is 4.68 Å². The average molecular weight is 287 g/mol. The number of nitrogens with zero attached hydrogens (tertiary/aromatic N) is 2. The van der Waals surface area contributed by atoms with Gasteiger partial charge in [0.2, 0.25) is 11.8 Å². The van der Waals surface area contributed by atoms with Crippen molar-refractivity contribution in [2.45, 2.75) is 27.7 Å². The fourth-order valence-corrected chi connectivity index (χ4v) is 1.77. The maximum atomic E-state index is 11.8. The molecule has 0 bridgehead atoms. The second-order valence-corrected chi connectivity index (χ2v) is 5.92. The summed E-state index contributed by atoms with van der Waals surface area (Å²) in [5, 5.41) is 7.16. The molecular formula is C16H21N3O2. The molecule has 0 saturated carbocycles. The third-order valence-corrected chi connectivity index (χ3v) is 2.93. The Bertz CT molecular complexity index is 612. The van der Waals surface area contributed by atoms with Gasteiger partial charge in [-0.15, -0.1) is 0 Å². The van der Waals surface area contributed by atoms with Crippen molar-refractivity contribution in [1.82, 2.24) is 15.1 Å². The predicted molar refractivity (Wildman–Crippen MR) is 81.4 cm³/mol. The number of nitrogens with one attached hydrogen (secondary N) is 1. The van der Waals surface area contributed by atoms with E-state index in [1.54, 1.807) is 4.68 Å². The Morgan fingerprint density at radius 3 is 2.57 bits per heavy atom. The van der Waals surface area contributed by atoms with Gasteiger partial charge in [0, 0.05) is 11.5 Å². The number of hydrogen-bond acceptors (Lipinski definition) is 3. The molecule has 1 heterocycles. The number of ether oxygens (including phenoxy) is 1. The fourth-order valence-electron chi connectivity index (χ4n) is 1.77. The van der Waals surface area contributed by atoms with Crippen LogP contribution in [0, 0.1) is 12.3 Å². The molecule has 5 heteroatoms. The number of rotatable bonds is 4. The molecule has 0 aliphatic heterocycles. The molecule has 0 fully saturated rings. The highest BCUT2D eigenvalue weighted by molar-refractivity contribution is 5.81. The minimum absolute atomic E-state index is 0.0509. The van der Waals surface area contributed by atoms with Crippen molar-refractivity contribution in [3.05, 3.63) is 42.1 Å². The Balaban J connectivity index is 2.06. The number of carbonyl (C=O) groups excluding carboxylic acids is 1. The van der Waals surface area contributed by atoms with E-state index in [9.17, 15) is 4.79 Å². The summed E-state index contributed by atoms with van der Waals surface area (Å²) in [6, 6.07) is 11.6. The largest absolute Gasteiger partial charge is 0.456 e. The van der Waals surface area contributed by atoms with Crippen LogP contribution in [0.5, 0.6) is 5.88 Å². The Morgan fingerprint density at radius 1 is 1.29 bits per heavy atom. The van der Waals surface area contributed by atoms with E-state index in [2.05, 4.69) is 10.4 Å². The lowest BCUT2D eigenvalue weighted by molar-refractivity contribution is -0.129. The molecule has 21 heavy (non-hydrogen) atoms. The molecule has 5 nitrogen and oxygen atoms in total. The normalized spacial score (nSPS) is 11.2. The van der Waals surface area contributed by atoms with Crippen molar-refractivity contribution >= 4 is 5.91 Å².